The second kappa shape index (κ2) is 6.08. The summed E-state index contributed by atoms with van der Waals surface area (Å²) in [4.78, 5) is 10.0. The molecule has 0 saturated carbocycles. The van der Waals surface area contributed by atoms with Crippen LogP contribution in [0.3, 0.4) is 0 Å². The Balaban J connectivity index is 2.47. The quantitative estimate of drug-likeness (QED) is 0.446. The van der Waals surface area contributed by atoms with Crippen LogP contribution in [0.4, 0.5) is 10.1 Å². The molecule has 1 aromatic carbocycles. The molecule has 0 bridgehead atoms. The van der Waals surface area contributed by atoms with Crippen LogP contribution >= 0.6 is 0 Å². The third-order valence-corrected chi connectivity index (χ3v) is 1.94. The van der Waals surface area contributed by atoms with Crippen molar-refractivity contribution in [1.29, 1.82) is 0 Å². The third kappa shape index (κ3) is 4.03. The van der Waals surface area contributed by atoms with Crippen LogP contribution in [0.5, 0.6) is 0 Å². The molecule has 0 heterocycles. The molecule has 0 radical (unpaired) electrons. The van der Waals surface area contributed by atoms with Gasteiger partial charge in [-0.25, -0.2) is 0 Å². The number of non-ortho nitro benzene ring substituents is 1. The lowest BCUT2D eigenvalue weighted by atomic mass is 10.2. The van der Waals surface area contributed by atoms with Crippen LogP contribution in [-0.4, -0.2) is 18.1 Å². The van der Waals surface area contributed by atoms with Crippen LogP contribution in [0.25, 0.3) is 0 Å². The Morgan fingerprint density at radius 3 is 2.93 bits per heavy atom. The minimum atomic E-state index is -0.426. The Morgan fingerprint density at radius 1 is 1.47 bits per heavy atom. The molecule has 0 aliphatic heterocycles. The molecule has 15 heavy (non-hydrogen) atoms. The summed E-state index contributed by atoms with van der Waals surface area (Å²) in [5, 5.41) is 13.5. The molecule has 5 heteroatoms. The summed E-state index contributed by atoms with van der Waals surface area (Å²) in [6, 6.07) is 6.41. The summed E-state index contributed by atoms with van der Waals surface area (Å²) in [5.41, 5.74) is 0.919. The molecule has 0 amide bonds. The maximum atomic E-state index is 11.8. The number of benzene rings is 1. The summed E-state index contributed by atoms with van der Waals surface area (Å²) in [7, 11) is 0. The van der Waals surface area contributed by atoms with Crippen molar-refractivity contribution in [3.63, 3.8) is 0 Å². The molecule has 0 unspecified atom stereocenters. The van der Waals surface area contributed by atoms with E-state index in [-0.39, 0.29) is 12.4 Å². The Bertz CT molecular complexity index is 331. The number of hydrogen-bond donors (Lipinski definition) is 1. The first-order chi connectivity index (χ1) is 7.24. The average molecular weight is 212 g/mol. The molecule has 0 spiro atoms. The molecule has 0 saturated heterocycles. The van der Waals surface area contributed by atoms with Gasteiger partial charge < -0.3 is 5.32 Å². The largest absolute Gasteiger partial charge is 0.313 e. The molecular weight excluding hydrogens is 199 g/mol. The lowest BCUT2D eigenvalue weighted by Crippen LogP contribution is -2.15. The molecule has 0 aliphatic carbocycles. The van der Waals surface area contributed by atoms with Crippen molar-refractivity contribution in [3.8, 4) is 0 Å². The number of hydrogen-bond acceptors (Lipinski definition) is 3. The van der Waals surface area contributed by atoms with Crippen molar-refractivity contribution in [2.45, 2.75) is 13.0 Å². The van der Waals surface area contributed by atoms with Gasteiger partial charge in [0.1, 0.15) is 0 Å². The number of halogens is 1. The Morgan fingerprint density at radius 2 is 2.27 bits per heavy atom. The van der Waals surface area contributed by atoms with E-state index in [1.165, 1.54) is 12.1 Å². The predicted octanol–water partition coefficient (Wildman–Crippen LogP) is 2.04. The van der Waals surface area contributed by atoms with Gasteiger partial charge in [-0.2, -0.15) is 0 Å². The number of nitrogens with one attached hydrogen (secondary N) is 1. The van der Waals surface area contributed by atoms with Gasteiger partial charge in [-0.05, 0) is 18.5 Å². The van der Waals surface area contributed by atoms with Crippen molar-refractivity contribution in [3.05, 3.63) is 39.9 Å². The van der Waals surface area contributed by atoms with E-state index in [1.807, 2.05) is 0 Å². The third-order valence-electron chi connectivity index (χ3n) is 1.94. The maximum absolute atomic E-state index is 11.8. The minimum absolute atomic E-state index is 0.0831. The van der Waals surface area contributed by atoms with E-state index >= 15 is 0 Å². The van der Waals surface area contributed by atoms with Crippen molar-refractivity contribution in [2.75, 3.05) is 13.2 Å². The standard InChI is InChI=1S/C10H13FN2O2/c11-5-2-6-12-8-9-3-1-4-10(7-9)13(14)15/h1,3-4,7,12H,2,5-6,8H2. The lowest BCUT2D eigenvalue weighted by molar-refractivity contribution is -0.384. The van der Waals surface area contributed by atoms with Gasteiger partial charge in [-0.3, -0.25) is 14.5 Å². The van der Waals surface area contributed by atoms with Crippen LogP contribution in [0.2, 0.25) is 0 Å². The summed E-state index contributed by atoms with van der Waals surface area (Å²) >= 11 is 0. The highest BCUT2D eigenvalue weighted by Gasteiger charge is 2.04. The second-order valence-corrected chi connectivity index (χ2v) is 3.15. The first kappa shape index (κ1) is 11.6. The number of nitrogens with zero attached hydrogens (tertiary/aromatic N) is 1. The van der Waals surface area contributed by atoms with E-state index in [9.17, 15) is 14.5 Å². The Kier molecular flexibility index (Phi) is 4.70. The fourth-order valence-electron chi connectivity index (χ4n) is 1.20. The number of nitro benzene ring substituents is 1. The van der Waals surface area contributed by atoms with Crippen LogP contribution < -0.4 is 5.32 Å². The molecule has 0 fully saturated rings. The van der Waals surface area contributed by atoms with Crippen molar-refractivity contribution in [2.24, 2.45) is 0 Å². The highest BCUT2D eigenvalue weighted by atomic mass is 19.1. The first-order valence-corrected chi connectivity index (χ1v) is 4.74. The fourth-order valence-corrected chi connectivity index (χ4v) is 1.20. The predicted molar refractivity (Wildman–Crippen MR) is 55.4 cm³/mol. The topological polar surface area (TPSA) is 55.2 Å². The summed E-state index contributed by atoms with van der Waals surface area (Å²) in [6.07, 6.45) is 0.467. The van der Waals surface area contributed by atoms with Crippen molar-refractivity contribution >= 4 is 5.69 Å². The smallest absolute Gasteiger partial charge is 0.269 e. The SMILES string of the molecule is O=[N+]([O-])c1cccc(CNCCCF)c1. The van der Waals surface area contributed by atoms with Gasteiger partial charge in [0.15, 0.2) is 0 Å². The molecule has 82 valence electrons. The first-order valence-electron chi connectivity index (χ1n) is 4.74. The van der Waals surface area contributed by atoms with Gasteiger partial charge in [-0.15, -0.1) is 0 Å². The molecule has 0 aromatic heterocycles. The second-order valence-electron chi connectivity index (χ2n) is 3.15. The van der Waals surface area contributed by atoms with Gasteiger partial charge >= 0.3 is 0 Å². The molecular formula is C10H13FN2O2. The number of rotatable bonds is 6. The van der Waals surface area contributed by atoms with E-state index in [4.69, 9.17) is 0 Å². The van der Waals surface area contributed by atoms with E-state index < -0.39 is 4.92 Å². The van der Waals surface area contributed by atoms with Crippen LogP contribution in [0.15, 0.2) is 24.3 Å². The summed E-state index contributed by atoms with van der Waals surface area (Å²) < 4.78 is 11.8. The van der Waals surface area contributed by atoms with E-state index in [0.29, 0.717) is 19.5 Å². The van der Waals surface area contributed by atoms with Crippen molar-refractivity contribution < 1.29 is 9.31 Å². The molecule has 0 aliphatic rings. The number of alkyl halides is 1. The zero-order valence-corrected chi connectivity index (χ0v) is 8.28. The van der Waals surface area contributed by atoms with Gasteiger partial charge in [-0.1, -0.05) is 12.1 Å². The zero-order valence-electron chi connectivity index (χ0n) is 8.28. The lowest BCUT2D eigenvalue weighted by Gasteiger charge is -2.02. The van der Waals surface area contributed by atoms with Crippen LogP contribution in [0.1, 0.15) is 12.0 Å². The molecule has 1 N–H and O–H groups in total. The molecule has 4 nitrogen and oxygen atoms in total. The van der Waals surface area contributed by atoms with E-state index in [0.717, 1.165) is 5.56 Å². The maximum Gasteiger partial charge on any atom is 0.269 e. The molecule has 0 atom stereocenters. The highest BCUT2D eigenvalue weighted by Crippen LogP contribution is 2.12. The molecule has 1 aromatic rings. The van der Waals surface area contributed by atoms with Crippen LogP contribution in [-0.2, 0) is 6.54 Å². The minimum Gasteiger partial charge on any atom is -0.313 e. The van der Waals surface area contributed by atoms with Crippen molar-refractivity contribution in [1.82, 2.24) is 5.32 Å². The van der Waals surface area contributed by atoms with Gasteiger partial charge in [0.25, 0.3) is 5.69 Å². The average Bonchev–Trinajstić information content (AvgIpc) is 2.25. The van der Waals surface area contributed by atoms with Crippen LogP contribution in [0, 0.1) is 10.1 Å². The van der Waals surface area contributed by atoms with Gasteiger partial charge in [0, 0.05) is 18.7 Å². The summed E-state index contributed by atoms with van der Waals surface area (Å²) in [6.45, 7) is 0.767. The van der Waals surface area contributed by atoms with Gasteiger partial charge in [0.2, 0.25) is 0 Å². The van der Waals surface area contributed by atoms with E-state index in [2.05, 4.69) is 5.32 Å². The van der Waals surface area contributed by atoms with E-state index in [1.54, 1.807) is 12.1 Å². The monoisotopic (exact) mass is 212 g/mol. The zero-order chi connectivity index (χ0) is 11.1. The Labute approximate surface area is 87.3 Å². The molecule has 1 rings (SSSR count). The highest BCUT2D eigenvalue weighted by molar-refractivity contribution is 5.34. The summed E-state index contributed by atoms with van der Waals surface area (Å²) in [5.74, 6) is 0. The number of nitro groups is 1. The fraction of sp³-hybridized carbons (Fsp3) is 0.400. The van der Waals surface area contributed by atoms with Gasteiger partial charge in [0.05, 0.1) is 11.6 Å². The Hall–Kier alpha value is -1.49. The normalized spacial score (nSPS) is 10.2.